The van der Waals surface area contributed by atoms with Crippen LogP contribution in [0.3, 0.4) is 0 Å². The van der Waals surface area contributed by atoms with E-state index in [0.717, 1.165) is 13.0 Å². The minimum atomic E-state index is -0.431. The monoisotopic (exact) mass is 292 g/mol. The van der Waals surface area contributed by atoms with Gasteiger partial charge in [0.25, 0.3) is 0 Å². The molecule has 0 aromatic carbocycles. The van der Waals surface area contributed by atoms with Crippen LogP contribution < -0.4 is 11.1 Å². The summed E-state index contributed by atoms with van der Waals surface area (Å²) in [7, 11) is 0. The maximum atomic E-state index is 11.7. The summed E-state index contributed by atoms with van der Waals surface area (Å²) in [6, 6.07) is 3.91. The molecule has 2 heterocycles. The van der Waals surface area contributed by atoms with Crippen LogP contribution in [-0.2, 0) is 22.6 Å². The van der Waals surface area contributed by atoms with Gasteiger partial charge in [0.1, 0.15) is 0 Å². The maximum absolute atomic E-state index is 11.7. The average Bonchev–Trinajstić information content (AvgIpc) is 3.00. The Morgan fingerprint density at radius 1 is 1.35 bits per heavy atom. The number of aromatic nitrogens is 2. The van der Waals surface area contributed by atoms with E-state index in [0.29, 0.717) is 17.2 Å². The zero-order valence-corrected chi connectivity index (χ0v) is 11.7. The highest BCUT2D eigenvalue weighted by molar-refractivity contribution is 7.13. The molecule has 2 aromatic heterocycles. The van der Waals surface area contributed by atoms with Crippen LogP contribution >= 0.6 is 11.3 Å². The molecule has 0 radical (unpaired) electrons. The van der Waals surface area contributed by atoms with Gasteiger partial charge < -0.3 is 15.6 Å². The lowest BCUT2D eigenvalue weighted by Crippen LogP contribution is -2.14. The van der Waals surface area contributed by atoms with Gasteiger partial charge in [-0.2, -0.15) is 0 Å². The van der Waals surface area contributed by atoms with Crippen molar-refractivity contribution in [2.45, 2.75) is 25.8 Å². The van der Waals surface area contributed by atoms with Crippen molar-refractivity contribution in [3.63, 3.8) is 0 Å². The fraction of sp³-hybridized carbons (Fsp3) is 0.308. The van der Waals surface area contributed by atoms with Gasteiger partial charge >= 0.3 is 0 Å². The van der Waals surface area contributed by atoms with Gasteiger partial charge in [-0.1, -0.05) is 0 Å². The Morgan fingerprint density at radius 3 is 2.80 bits per heavy atom. The van der Waals surface area contributed by atoms with Gasteiger partial charge in [0.05, 0.1) is 12.1 Å². The molecule has 0 spiro atoms. The van der Waals surface area contributed by atoms with Crippen LogP contribution in [0.15, 0.2) is 29.9 Å². The van der Waals surface area contributed by atoms with Gasteiger partial charge in [-0.05, 0) is 18.6 Å². The first-order valence-corrected chi connectivity index (χ1v) is 7.15. The smallest absolute Gasteiger partial charge is 0.226 e. The number of aryl methyl sites for hydroxylation is 1. The molecule has 3 N–H and O–H groups in total. The van der Waals surface area contributed by atoms with E-state index in [1.807, 2.05) is 29.1 Å². The molecule has 0 unspecified atom stereocenters. The molecule has 0 atom stereocenters. The van der Waals surface area contributed by atoms with Crippen LogP contribution in [0, 0.1) is 0 Å². The topological polar surface area (TPSA) is 90.0 Å². The van der Waals surface area contributed by atoms with Crippen LogP contribution in [0.1, 0.15) is 18.5 Å². The van der Waals surface area contributed by atoms with Gasteiger partial charge in [-0.25, -0.2) is 4.98 Å². The molecular weight excluding hydrogens is 276 g/mol. The summed E-state index contributed by atoms with van der Waals surface area (Å²) in [5.74, 6) is -0.503. The predicted molar refractivity (Wildman–Crippen MR) is 77.3 cm³/mol. The van der Waals surface area contributed by atoms with Crippen molar-refractivity contribution in [2.24, 2.45) is 5.73 Å². The fourth-order valence-corrected chi connectivity index (χ4v) is 2.47. The molecule has 0 saturated heterocycles. The zero-order valence-electron chi connectivity index (χ0n) is 10.9. The number of hydrogen-bond donors (Lipinski definition) is 2. The van der Waals surface area contributed by atoms with Gasteiger partial charge in [0, 0.05) is 30.7 Å². The summed E-state index contributed by atoms with van der Waals surface area (Å²) < 4.78 is 2.03. The Hall–Kier alpha value is -2.15. The molecule has 0 bridgehead atoms. The number of amides is 2. The van der Waals surface area contributed by atoms with Crippen LogP contribution in [0.25, 0.3) is 0 Å². The molecule has 0 aliphatic rings. The maximum Gasteiger partial charge on any atom is 0.226 e. The number of anilines is 1. The number of thiazole rings is 1. The standard InChI is InChI=1S/C13H16N4O2S/c14-11(18)8-10-9-20-13(15-10)16-12(19)4-3-7-17-5-1-2-6-17/h1-2,5-6,9H,3-4,7-8H2,(H2,14,18)(H,15,16,19). The first-order chi connectivity index (χ1) is 9.63. The second-order valence-electron chi connectivity index (χ2n) is 4.36. The minimum absolute atomic E-state index is 0.0721. The van der Waals surface area contributed by atoms with E-state index in [1.54, 1.807) is 5.38 Å². The van der Waals surface area contributed by atoms with E-state index < -0.39 is 5.91 Å². The van der Waals surface area contributed by atoms with Crippen molar-refractivity contribution >= 4 is 28.3 Å². The van der Waals surface area contributed by atoms with Crippen molar-refractivity contribution < 1.29 is 9.59 Å². The first kappa shape index (κ1) is 14.3. The molecule has 0 aliphatic carbocycles. The summed E-state index contributed by atoms with van der Waals surface area (Å²) in [5.41, 5.74) is 5.67. The molecule has 106 valence electrons. The molecule has 2 aromatic rings. The SMILES string of the molecule is NC(=O)Cc1csc(NC(=O)CCCn2cccc2)n1. The highest BCUT2D eigenvalue weighted by Crippen LogP contribution is 2.16. The van der Waals surface area contributed by atoms with E-state index in [1.165, 1.54) is 11.3 Å². The van der Waals surface area contributed by atoms with E-state index in [-0.39, 0.29) is 12.3 Å². The third kappa shape index (κ3) is 4.51. The summed E-state index contributed by atoms with van der Waals surface area (Å²) in [6.45, 7) is 0.811. The number of nitrogens with zero attached hydrogens (tertiary/aromatic N) is 2. The Labute approximate surface area is 120 Å². The summed E-state index contributed by atoms with van der Waals surface area (Å²) in [4.78, 5) is 26.6. The number of carbonyl (C=O) groups excluding carboxylic acids is 2. The van der Waals surface area contributed by atoms with Crippen molar-refractivity contribution in [3.05, 3.63) is 35.6 Å². The Kier molecular flexibility index (Phi) is 4.89. The molecule has 2 rings (SSSR count). The van der Waals surface area contributed by atoms with E-state index >= 15 is 0 Å². The van der Waals surface area contributed by atoms with Crippen molar-refractivity contribution in [2.75, 3.05) is 5.32 Å². The highest BCUT2D eigenvalue weighted by Gasteiger charge is 2.08. The van der Waals surface area contributed by atoms with Crippen LogP contribution in [0.5, 0.6) is 0 Å². The number of carbonyl (C=O) groups is 2. The normalized spacial score (nSPS) is 10.4. The number of primary amides is 1. The molecule has 6 nitrogen and oxygen atoms in total. The lowest BCUT2D eigenvalue weighted by molar-refractivity contribution is -0.117. The summed E-state index contributed by atoms with van der Waals surface area (Å²) in [5, 5.41) is 4.95. The number of nitrogens with one attached hydrogen (secondary N) is 1. The Bertz CT molecular complexity index is 577. The third-order valence-corrected chi connectivity index (χ3v) is 3.45. The van der Waals surface area contributed by atoms with Gasteiger partial charge in [0.2, 0.25) is 11.8 Å². The number of rotatable bonds is 7. The Morgan fingerprint density at radius 2 is 2.10 bits per heavy atom. The third-order valence-electron chi connectivity index (χ3n) is 2.64. The summed E-state index contributed by atoms with van der Waals surface area (Å²) in [6.07, 6.45) is 5.23. The van der Waals surface area contributed by atoms with Crippen molar-refractivity contribution in [1.82, 2.24) is 9.55 Å². The fourth-order valence-electron chi connectivity index (χ4n) is 1.75. The van der Waals surface area contributed by atoms with Crippen LogP contribution in [0.4, 0.5) is 5.13 Å². The lowest BCUT2D eigenvalue weighted by atomic mass is 10.3. The molecular formula is C13H16N4O2S. The second kappa shape index (κ2) is 6.85. The number of hydrogen-bond acceptors (Lipinski definition) is 4. The van der Waals surface area contributed by atoms with E-state index in [4.69, 9.17) is 5.73 Å². The van der Waals surface area contributed by atoms with E-state index in [9.17, 15) is 9.59 Å². The first-order valence-electron chi connectivity index (χ1n) is 6.27. The quantitative estimate of drug-likeness (QED) is 0.808. The molecule has 7 heteroatoms. The Balaban J connectivity index is 1.73. The van der Waals surface area contributed by atoms with E-state index in [2.05, 4.69) is 10.3 Å². The average molecular weight is 292 g/mol. The molecule has 0 fully saturated rings. The van der Waals surface area contributed by atoms with Crippen LogP contribution in [0.2, 0.25) is 0 Å². The van der Waals surface area contributed by atoms with Gasteiger partial charge in [-0.15, -0.1) is 11.3 Å². The predicted octanol–water partition coefficient (Wildman–Crippen LogP) is 1.39. The summed E-state index contributed by atoms with van der Waals surface area (Å²) >= 11 is 1.30. The largest absolute Gasteiger partial charge is 0.369 e. The number of nitrogens with two attached hydrogens (primary N) is 1. The van der Waals surface area contributed by atoms with Crippen molar-refractivity contribution in [3.8, 4) is 0 Å². The zero-order chi connectivity index (χ0) is 14.4. The highest BCUT2D eigenvalue weighted by atomic mass is 32.1. The molecule has 2 amide bonds. The molecule has 0 saturated carbocycles. The molecule has 20 heavy (non-hydrogen) atoms. The van der Waals surface area contributed by atoms with Crippen molar-refractivity contribution in [1.29, 1.82) is 0 Å². The van der Waals surface area contributed by atoms with Gasteiger partial charge in [-0.3, -0.25) is 9.59 Å². The second-order valence-corrected chi connectivity index (χ2v) is 5.22. The lowest BCUT2D eigenvalue weighted by Gasteiger charge is -2.03. The molecule has 0 aliphatic heterocycles. The van der Waals surface area contributed by atoms with Crippen LogP contribution in [-0.4, -0.2) is 21.4 Å². The minimum Gasteiger partial charge on any atom is -0.369 e. The van der Waals surface area contributed by atoms with Gasteiger partial charge in [0.15, 0.2) is 5.13 Å².